The van der Waals surface area contributed by atoms with Gasteiger partial charge >= 0.3 is 0 Å². The first-order valence-corrected chi connectivity index (χ1v) is 7.06. The van der Waals surface area contributed by atoms with Gasteiger partial charge in [0.2, 0.25) is 0 Å². The first-order chi connectivity index (χ1) is 9.65. The Balaban J connectivity index is 1.81. The van der Waals surface area contributed by atoms with Gasteiger partial charge in [-0.05, 0) is 39.1 Å². The van der Waals surface area contributed by atoms with Crippen LogP contribution < -0.4 is 5.32 Å². The van der Waals surface area contributed by atoms with Crippen LogP contribution in [-0.2, 0) is 0 Å². The van der Waals surface area contributed by atoms with Crippen LogP contribution in [0.1, 0.15) is 34.9 Å². The maximum atomic E-state index is 12.3. The molecular weight excluding hydrogens is 252 g/mol. The van der Waals surface area contributed by atoms with E-state index in [4.69, 9.17) is 0 Å². The summed E-state index contributed by atoms with van der Waals surface area (Å²) in [4.78, 5) is 22.2. The number of H-pyrrole nitrogens is 1. The lowest BCUT2D eigenvalue weighted by Crippen LogP contribution is -2.31. The lowest BCUT2D eigenvalue weighted by Gasteiger charge is -2.10. The standard InChI is InChI=1S/C15H20N4O/c1-19(2)9-8-16-15(20)11-4-3-5-12-13(11)18-14(17-12)10-6-7-10/h3-5,10H,6-9H2,1-2H3,(H,16,20)(H,17,18). The summed E-state index contributed by atoms with van der Waals surface area (Å²) >= 11 is 0. The highest BCUT2D eigenvalue weighted by Gasteiger charge is 2.27. The molecular formula is C15H20N4O. The van der Waals surface area contributed by atoms with Gasteiger partial charge in [0.15, 0.2) is 0 Å². The van der Waals surface area contributed by atoms with E-state index in [0.29, 0.717) is 18.0 Å². The Morgan fingerprint density at radius 1 is 1.45 bits per heavy atom. The molecule has 20 heavy (non-hydrogen) atoms. The highest BCUT2D eigenvalue weighted by atomic mass is 16.1. The maximum absolute atomic E-state index is 12.3. The number of nitrogens with one attached hydrogen (secondary N) is 2. The molecule has 1 aliphatic rings. The zero-order valence-electron chi connectivity index (χ0n) is 11.9. The summed E-state index contributed by atoms with van der Waals surface area (Å²) < 4.78 is 0. The van der Waals surface area contributed by atoms with E-state index in [2.05, 4.69) is 15.3 Å². The predicted octanol–water partition coefficient (Wildman–Crippen LogP) is 1.73. The highest BCUT2D eigenvalue weighted by Crippen LogP contribution is 2.39. The second-order valence-electron chi connectivity index (χ2n) is 5.66. The smallest absolute Gasteiger partial charge is 0.253 e. The Morgan fingerprint density at radius 3 is 2.95 bits per heavy atom. The number of hydrogen-bond acceptors (Lipinski definition) is 3. The molecule has 0 unspecified atom stereocenters. The number of para-hydroxylation sites is 1. The summed E-state index contributed by atoms with van der Waals surface area (Å²) in [5.74, 6) is 1.53. The van der Waals surface area contributed by atoms with Crippen LogP contribution in [0.25, 0.3) is 11.0 Å². The SMILES string of the molecule is CN(C)CCNC(=O)c1cccc2[nH]c(C3CC3)nc12. The molecule has 0 spiro atoms. The molecule has 0 saturated heterocycles. The Hall–Kier alpha value is -1.88. The van der Waals surface area contributed by atoms with Crippen LogP contribution in [0.3, 0.4) is 0 Å². The normalized spacial score (nSPS) is 14.9. The van der Waals surface area contributed by atoms with Crippen LogP contribution in [0.5, 0.6) is 0 Å². The Kier molecular flexibility index (Phi) is 3.44. The number of carbonyl (C=O) groups excluding carboxylic acids is 1. The number of amides is 1. The van der Waals surface area contributed by atoms with E-state index in [0.717, 1.165) is 23.4 Å². The lowest BCUT2D eigenvalue weighted by molar-refractivity contribution is 0.0952. The number of hydrogen-bond donors (Lipinski definition) is 2. The number of aromatic nitrogens is 2. The molecule has 0 atom stereocenters. The van der Waals surface area contributed by atoms with Crippen molar-refractivity contribution < 1.29 is 4.79 Å². The van der Waals surface area contributed by atoms with Gasteiger partial charge in [0.05, 0.1) is 11.1 Å². The zero-order valence-corrected chi connectivity index (χ0v) is 11.9. The molecule has 3 rings (SSSR count). The summed E-state index contributed by atoms with van der Waals surface area (Å²) in [6.45, 7) is 1.47. The highest BCUT2D eigenvalue weighted by molar-refractivity contribution is 6.04. The van der Waals surface area contributed by atoms with Crippen LogP contribution in [0.15, 0.2) is 18.2 Å². The van der Waals surface area contributed by atoms with E-state index in [1.54, 1.807) is 0 Å². The second kappa shape index (κ2) is 5.25. The molecule has 1 aromatic carbocycles. The van der Waals surface area contributed by atoms with Crippen molar-refractivity contribution in [2.45, 2.75) is 18.8 Å². The number of benzene rings is 1. The van der Waals surface area contributed by atoms with Gasteiger partial charge in [0.1, 0.15) is 11.3 Å². The summed E-state index contributed by atoms with van der Waals surface area (Å²) in [5.41, 5.74) is 2.40. The minimum atomic E-state index is -0.0497. The number of imidazole rings is 1. The third kappa shape index (κ3) is 2.67. The molecule has 2 aromatic rings. The topological polar surface area (TPSA) is 61.0 Å². The van der Waals surface area contributed by atoms with Crippen molar-refractivity contribution >= 4 is 16.9 Å². The van der Waals surface area contributed by atoms with Crippen molar-refractivity contribution in [3.63, 3.8) is 0 Å². The summed E-state index contributed by atoms with van der Waals surface area (Å²) in [7, 11) is 3.98. The van der Waals surface area contributed by atoms with E-state index in [1.807, 2.05) is 37.2 Å². The number of rotatable bonds is 5. The molecule has 5 heteroatoms. The monoisotopic (exact) mass is 272 g/mol. The van der Waals surface area contributed by atoms with Gasteiger partial charge in [-0.1, -0.05) is 6.07 Å². The van der Waals surface area contributed by atoms with Gasteiger partial charge < -0.3 is 15.2 Å². The molecule has 1 heterocycles. The molecule has 0 aliphatic heterocycles. The summed E-state index contributed by atoms with van der Waals surface area (Å²) in [5, 5.41) is 2.94. The molecule has 0 radical (unpaired) electrons. The Labute approximate surface area is 118 Å². The fourth-order valence-electron chi connectivity index (χ4n) is 2.27. The summed E-state index contributed by atoms with van der Waals surface area (Å²) in [6.07, 6.45) is 2.40. The van der Waals surface area contributed by atoms with Crippen molar-refractivity contribution in [3.05, 3.63) is 29.6 Å². The number of fused-ring (bicyclic) bond motifs is 1. The minimum Gasteiger partial charge on any atom is -0.351 e. The van der Waals surface area contributed by atoms with Crippen molar-refractivity contribution in [1.29, 1.82) is 0 Å². The Bertz CT molecular complexity index is 628. The molecule has 1 aromatic heterocycles. The van der Waals surface area contributed by atoms with E-state index in [1.165, 1.54) is 12.8 Å². The number of likely N-dealkylation sites (N-methyl/N-ethyl adjacent to an activating group) is 1. The van der Waals surface area contributed by atoms with Crippen LogP contribution in [0.4, 0.5) is 0 Å². The van der Waals surface area contributed by atoms with Gasteiger partial charge in [-0.25, -0.2) is 4.98 Å². The molecule has 0 bridgehead atoms. The quantitative estimate of drug-likeness (QED) is 0.871. The first-order valence-electron chi connectivity index (χ1n) is 7.06. The van der Waals surface area contributed by atoms with Crippen LogP contribution in [0, 0.1) is 0 Å². The largest absolute Gasteiger partial charge is 0.351 e. The van der Waals surface area contributed by atoms with Crippen molar-refractivity contribution in [2.24, 2.45) is 0 Å². The molecule has 106 valence electrons. The molecule has 1 saturated carbocycles. The van der Waals surface area contributed by atoms with Crippen LogP contribution in [0.2, 0.25) is 0 Å². The third-order valence-corrected chi connectivity index (χ3v) is 3.58. The van der Waals surface area contributed by atoms with Crippen molar-refractivity contribution in [1.82, 2.24) is 20.2 Å². The van der Waals surface area contributed by atoms with Gasteiger partial charge in [-0.3, -0.25) is 4.79 Å². The van der Waals surface area contributed by atoms with E-state index < -0.39 is 0 Å². The fourth-order valence-corrected chi connectivity index (χ4v) is 2.27. The molecule has 1 aliphatic carbocycles. The maximum Gasteiger partial charge on any atom is 0.253 e. The van der Waals surface area contributed by atoms with E-state index in [-0.39, 0.29) is 5.91 Å². The lowest BCUT2D eigenvalue weighted by atomic mass is 10.1. The van der Waals surface area contributed by atoms with Gasteiger partial charge in [0, 0.05) is 19.0 Å². The fraction of sp³-hybridized carbons (Fsp3) is 0.467. The number of aromatic amines is 1. The molecule has 1 fully saturated rings. The second-order valence-corrected chi connectivity index (χ2v) is 5.66. The summed E-state index contributed by atoms with van der Waals surface area (Å²) in [6, 6.07) is 5.72. The zero-order chi connectivity index (χ0) is 14.1. The average Bonchev–Trinajstić information content (AvgIpc) is 3.16. The number of carbonyl (C=O) groups is 1. The average molecular weight is 272 g/mol. The van der Waals surface area contributed by atoms with Gasteiger partial charge in [-0.2, -0.15) is 0 Å². The van der Waals surface area contributed by atoms with E-state index >= 15 is 0 Å². The van der Waals surface area contributed by atoms with Crippen LogP contribution in [-0.4, -0.2) is 48.0 Å². The predicted molar refractivity (Wildman–Crippen MR) is 79.0 cm³/mol. The van der Waals surface area contributed by atoms with Gasteiger partial charge in [0.25, 0.3) is 5.91 Å². The third-order valence-electron chi connectivity index (χ3n) is 3.58. The molecule has 2 N–H and O–H groups in total. The first kappa shape index (κ1) is 13.1. The van der Waals surface area contributed by atoms with Crippen molar-refractivity contribution in [2.75, 3.05) is 27.2 Å². The minimum absolute atomic E-state index is 0.0497. The van der Waals surface area contributed by atoms with Crippen molar-refractivity contribution in [3.8, 4) is 0 Å². The molecule has 1 amide bonds. The number of nitrogens with zero attached hydrogens (tertiary/aromatic N) is 2. The molecule has 5 nitrogen and oxygen atoms in total. The van der Waals surface area contributed by atoms with E-state index in [9.17, 15) is 4.79 Å². The van der Waals surface area contributed by atoms with Gasteiger partial charge in [-0.15, -0.1) is 0 Å². The Morgan fingerprint density at radius 2 is 2.25 bits per heavy atom. The van der Waals surface area contributed by atoms with Crippen LogP contribution >= 0.6 is 0 Å².